The first kappa shape index (κ1) is 16.0. The van der Waals surface area contributed by atoms with Gasteiger partial charge in [0.2, 0.25) is 5.89 Å². The molecule has 0 aromatic carbocycles. The zero-order chi connectivity index (χ0) is 17.6. The number of nitrogens with zero attached hydrogens (tertiary/aromatic N) is 7. The molecule has 8 heteroatoms. The van der Waals surface area contributed by atoms with Crippen molar-refractivity contribution in [3.8, 4) is 0 Å². The van der Waals surface area contributed by atoms with E-state index < -0.39 is 0 Å². The number of pyridine rings is 1. The van der Waals surface area contributed by atoms with E-state index in [1.165, 1.54) is 5.69 Å². The molecule has 1 saturated heterocycles. The van der Waals surface area contributed by atoms with Crippen LogP contribution in [0.4, 0.5) is 5.69 Å². The average molecular weight is 341 g/mol. The molecule has 8 nitrogen and oxygen atoms in total. The summed E-state index contributed by atoms with van der Waals surface area (Å²) in [6, 6.07) is 2.23. The van der Waals surface area contributed by atoms with Crippen molar-refractivity contribution in [1.29, 1.82) is 0 Å². The fraction of sp³-hybridized carbons (Fsp3) is 0.529. The Morgan fingerprint density at radius 3 is 2.60 bits per heavy atom. The van der Waals surface area contributed by atoms with Gasteiger partial charge in [-0.1, -0.05) is 5.16 Å². The standard InChI is InChI=1S/C17H23N7O/c1-11-15-14(5-6-18-16(15)22(4)20-11)24-9-7-23(8-10-24)12(2)17-19-13(3)21-25-17/h5-6,12H,7-10H2,1-4H3. The summed E-state index contributed by atoms with van der Waals surface area (Å²) in [5, 5.41) is 9.57. The lowest BCUT2D eigenvalue weighted by Crippen LogP contribution is -2.47. The van der Waals surface area contributed by atoms with Crippen LogP contribution in [0.5, 0.6) is 0 Å². The van der Waals surface area contributed by atoms with Crippen LogP contribution in [-0.4, -0.2) is 56.0 Å². The van der Waals surface area contributed by atoms with Crippen molar-refractivity contribution >= 4 is 16.7 Å². The van der Waals surface area contributed by atoms with Crippen molar-refractivity contribution in [3.63, 3.8) is 0 Å². The maximum atomic E-state index is 5.33. The smallest absolute Gasteiger partial charge is 0.243 e. The van der Waals surface area contributed by atoms with Crippen LogP contribution in [0.15, 0.2) is 16.8 Å². The number of hydrogen-bond donors (Lipinski definition) is 0. The topological polar surface area (TPSA) is 76.1 Å². The number of anilines is 1. The first-order valence-electron chi connectivity index (χ1n) is 8.62. The number of piperazine rings is 1. The van der Waals surface area contributed by atoms with Gasteiger partial charge in [0.1, 0.15) is 0 Å². The van der Waals surface area contributed by atoms with Crippen LogP contribution in [0.2, 0.25) is 0 Å². The van der Waals surface area contributed by atoms with E-state index >= 15 is 0 Å². The Balaban J connectivity index is 1.53. The Morgan fingerprint density at radius 2 is 1.92 bits per heavy atom. The van der Waals surface area contributed by atoms with E-state index in [9.17, 15) is 0 Å². The van der Waals surface area contributed by atoms with Gasteiger partial charge in [-0.2, -0.15) is 10.1 Å². The SMILES string of the molecule is Cc1noc(C(C)N2CCN(c3ccnc4c3c(C)nn4C)CC2)n1. The fourth-order valence-electron chi connectivity index (χ4n) is 3.61. The maximum absolute atomic E-state index is 5.33. The minimum absolute atomic E-state index is 0.140. The lowest BCUT2D eigenvalue weighted by Gasteiger charge is -2.38. The van der Waals surface area contributed by atoms with Crippen LogP contribution < -0.4 is 4.90 Å². The monoisotopic (exact) mass is 341 g/mol. The predicted octanol–water partition coefficient (Wildman–Crippen LogP) is 1.85. The highest BCUT2D eigenvalue weighted by molar-refractivity contribution is 5.91. The molecule has 1 fully saturated rings. The second kappa shape index (κ2) is 6.11. The van der Waals surface area contributed by atoms with Gasteiger partial charge in [-0.15, -0.1) is 0 Å². The van der Waals surface area contributed by atoms with Crippen LogP contribution in [0.3, 0.4) is 0 Å². The Labute approximate surface area is 146 Å². The Kier molecular flexibility index (Phi) is 3.91. The number of aryl methyl sites for hydroxylation is 3. The van der Waals surface area contributed by atoms with Gasteiger partial charge < -0.3 is 9.42 Å². The van der Waals surface area contributed by atoms with Crippen molar-refractivity contribution in [1.82, 2.24) is 29.8 Å². The van der Waals surface area contributed by atoms with Crippen molar-refractivity contribution in [2.75, 3.05) is 31.1 Å². The zero-order valence-corrected chi connectivity index (χ0v) is 15.1. The highest BCUT2D eigenvalue weighted by atomic mass is 16.5. The fourth-order valence-corrected chi connectivity index (χ4v) is 3.61. The predicted molar refractivity (Wildman–Crippen MR) is 94.5 cm³/mol. The van der Waals surface area contributed by atoms with Crippen LogP contribution >= 0.6 is 0 Å². The molecule has 132 valence electrons. The van der Waals surface area contributed by atoms with Crippen LogP contribution in [0.25, 0.3) is 11.0 Å². The average Bonchev–Trinajstić information content (AvgIpc) is 3.18. The Bertz CT molecular complexity index is 892. The molecule has 0 radical (unpaired) electrons. The molecule has 0 saturated carbocycles. The van der Waals surface area contributed by atoms with Crippen LogP contribution in [0, 0.1) is 13.8 Å². The van der Waals surface area contributed by atoms with Crippen molar-refractivity contribution in [2.24, 2.45) is 7.05 Å². The number of fused-ring (bicyclic) bond motifs is 1. The molecule has 1 atom stereocenters. The first-order chi connectivity index (χ1) is 12.0. The van der Waals surface area contributed by atoms with Gasteiger partial charge >= 0.3 is 0 Å². The summed E-state index contributed by atoms with van der Waals surface area (Å²) in [7, 11) is 1.94. The summed E-state index contributed by atoms with van der Waals surface area (Å²) in [5.41, 5.74) is 3.18. The Hall–Kier alpha value is -2.48. The third kappa shape index (κ3) is 2.76. The van der Waals surface area contributed by atoms with Gasteiger partial charge in [-0.05, 0) is 26.8 Å². The molecular weight excluding hydrogens is 318 g/mol. The molecule has 1 aliphatic heterocycles. The van der Waals surface area contributed by atoms with E-state index in [1.807, 2.05) is 31.8 Å². The highest BCUT2D eigenvalue weighted by Crippen LogP contribution is 2.29. The van der Waals surface area contributed by atoms with E-state index in [4.69, 9.17) is 4.52 Å². The molecule has 1 aliphatic rings. The van der Waals surface area contributed by atoms with Crippen LogP contribution in [0.1, 0.15) is 30.4 Å². The lowest BCUT2D eigenvalue weighted by molar-refractivity contribution is 0.164. The molecule has 0 amide bonds. The molecule has 4 heterocycles. The molecule has 3 aromatic rings. The number of hydrogen-bond acceptors (Lipinski definition) is 7. The summed E-state index contributed by atoms with van der Waals surface area (Å²) in [4.78, 5) is 13.6. The summed E-state index contributed by atoms with van der Waals surface area (Å²) in [5.74, 6) is 1.38. The summed E-state index contributed by atoms with van der Waals surface area (Å²) < 4.78 is 7.18. The molecule has 4 rings (SSSR count). The van der Waals surface area contributed by atoms with Gasteiger partial charge in [0.25, 0.3) is 0 Å². The summed E-state index contributed by atoms with van der Waals surface area (Å²) >= 11 is 0. The van der Waals surface area contributed by atoms with Gasteiger partial charge in [0, 0.05) is 39.4 Å². The largest absolute Gasteiger partial charge is 0.368 e. The van der Waals surface area contributed by atoms with E-state index in [-0.39, 0.29) is 6.04 Å². The van der Waals surface area contributed by atoms with Gasteiger partial charge in [0.15, 0.2) is 11.5 Å². The van der Waals surface area contributed by atoms with Crippen molar-refractivity contribution in [2.45, 2.75) is 26.8 Å². The number of rotatable bonds is 3. The summed E-state index contributed by atoms with van der Waals surface area (Å²) in [6.07, 6.45) is 1.87. The minimum atomic E-state index is 0.140. The van der Waals surface area contributed by atoms with Gasteiger partial charge in [-0.25, -0.2) is 4.98 Å². The van der Waals surface area contributed by atoms with Gasteiger partial charge in [-0.3, -0.25) is 9.58 Å². The second-order valence-electron chi connectivity index (χ2n) is 6.62. The first-order valence-corrected chi connectivity index (χ1v) is 8.62. The third-order valence-electron chi connectivity index (χ3n) is 4.98. The van der Waals surface area contributed by atoms with Crippen molar-refractivity contribution in [3.05, 3.63) is 29.7 Å². The molecule has 0 bridgehead atoms. The zero-order valence-electron chi connectivity index (χ0n) is 15.1. The molecule has 0 spiro atoms. The molecule has 25 heavy (non-hydrogen) atoms. The molecule has 3 aromatic heterocycles. The molecule has 1 unspecified atom stereocenters. The van der Waals surface area contributed by atoms with Gasteiger partial charge in [0.05, 0.1) is 22.8 Å². The van der Waals surface area contributed by atoms with E-state index in [1.54, 1.807) is 0 Å². The molecule has 0 N–H and O–H groups in total. The third-order valence-corrected chi connectivity index (χ3v) is 4.98. The number of aromatic nitrogens is 5. The lowest BCUT2D eigenvalue weighted by atomic mass is 10.1. The Morgan fingerprint density at radius 1 is 1.16 bits per heavy atom. The highest BCUT2D eigenvalue weighted by Gasteiger charge is 2.26. The normalized spacial score (nSPS) is 17.4. The second-order valence-corrected chi connectivity index (χ2v) is 6.62. The quantitative estimate of drug-likeness (QED) is 0.719. The van der Waals surface area contributed by atoms with Crippen LogP contribution in [-0.2, 0) is 7.05 Å². The minimum Gasteiger partial charge on any atom is -0.368 e. The maximum Gasteiger partial charge on any atom is 0.243 e. The summed E-state index contributed by atoms with van der Waals surface area (Å²) in [6.45, 7) is 9.82. The molecule has 0 aliphatic carbocycles. The van der Waals surface area contributed by atoms with E-state index in [2.05, 4.69) is 43.0 Å². The van der Waals surface area contributed by atoms with Crippen molar-refractivity contribution < 1.29 is 4.52 Å². The molecular formula is C17H23N7O. The van der Waals surface area contributed by atoms with E-state index in [0.717, 1.165) is 42.9 Å². The van der Waals surface area contributed by atoms with E-state index in [0.29, 0.717) is 11.7 Å².